The van der Waals surface area contributed by atoms with Crippen molar-refractivity contribution in [2.45, 2.75) is 63.8 Å². The molecule has 0 aromatic heterocycles. The summed E-state index contributed by atoms with van der Waals surface area (Å²) in [6.45, 7) is 4.30. The molecule has 1 atom stereocenters. The van der Waals surface area contributed by atoms with Crippen LogP contribution in [0.1, 0.15) is 66.1 Å². The molecule has 2 N–H and O–H groups in total. The van der Waals surface area contributed by atoms with Crippen LogP contribution >= 0.6 is 0 Å². The maximum atomic E-state index is 13.5. The Kier molecular flexibility index (Phi) is 7.52. The van der Waals surface area contributed by atoms with Gasteiger partial charge in [0.2, 0.25) is 6.79 Å². The number of aliphatic hydroxyl groups is 1. The van der Waals surface area contributed by atoms with E-state index in [1.54, 1.807) is 0 Å². The van der Waals surface area contributed by atoms with Gasteiger partial charge in [0.25, 0.3) is 5.91 Å². The van der Waals surface area contributed by atoms with E-state index in [9.17, 15) is 14.7 Å². The number of rotatable bonds is 11. The van der Waals surface area contributed by atoms with Gasteiger partial charge in [-0.05, 0) is 78.3 Å². The number of carbonyl (C=O) groups is 2. The minimum absolute atomic E-state index is 0.0650. The first-order valence-corrected chi connectivity index (χ1v) is 13.5. The van der Waals surface area contributed by atoms with Crippen molar-refractivity contribution in [2.24, 2.45) is 0 Å². The lowest BCUT2D eigenvalue weighted by Gasteiger charge is -2.17. The van der Waals surface area contributed by atoms with Crippen LogP contribution in [0, 0.1) is 6.92 Å². The number of fused-ring (bicyclic) bond motifs is 1. The van der Waals surface area contributed by atoms with Crippen LogP contribution in [0.2, 0.25) is 0 Å². The van der Waals surface area contributed by atoms with Gasteiger partial charge in [-0.15, -0.1) is 0 Å². The van der Waals surface area contributed by atoms with Crippen LogP contribution in [0.5, 0.6) is 11.5 Å². The average Bonchev–Trinajstić information content (AvgIpc) is 3.62. The van der Waals surface area contributed by atoms with Crippen molar-refractivity contribution < 1.29 is 24.2 Å². The summed E-state index contributed by atoms with van der Waals surface area (Å²) in [7, 11) is 0. The van der Waals surface area contributed by atoms with E-state index in [1.807, 2.05) is 48.5 Å². The lowest BCUT2D eigenvalue weighted by Crippen LogP contribution is -2.37. The Balaban J connectivity index is 1.29. The van der Waals surface area contributed by atoms with Crippen LogP contribution in [0.15, 0.2) is 60.7 Å². The van der Waals surface area contributed by atoms with Gasteiger partial charge in [-0.1, -0.05) is 56.2 Å². The third-order valence-corrected chi connectivity index (χ3v) is 7.80. The molecule has 2 aliphatic rings. The second-order valence-corrected chi connectivity index (χ2v) is 10.5. The van der Waals surface area contributed by atoms with E-state index >= 15 is 0 Å². The first kappa shape index (κ1) is 26.0. The van der Waals surface area contributed by atoms with E-state index in [0.717, 1.165) is 65.7 Å². The molecule has 1 fully saturated rings. The Morgan fingerprint density at radius 1 is 1.00 bits per heavy atom. The Hall–Kier alpha value is -3.64. The van der Waals surface area contributed by atoms with E-state index in [2.05, 4.69) is 31.3 Å². The molecule has 1 aliphatic heterocycles. The number of aryl methyl sites for hydroxylation is 1. The first-order chi connectivity index (χ1) is 18.4. The van der Waals surface area contributed by atoms with Crippen molar-refractivity contribution in [3.05, 3.63) is 82.9 Å². The van der Waals surface area contributed by atoms with E-state index in [4.69, 9.17) is 9.47 Å². The van der Waals surface area contributed by atoms with Gasteiger partial charge in [0.05, 0.1) is 18.1 Å². The van der Waals surface area contributed by atoms with Crippen LogP contribution in [-0.2, 0) is 16.6 Å². The fourth-order valence-corrected chi connectivity index (χ4v) is 5.22. The molecule has 0 bridgehead atoms. The summed E-state index contributed by atoms with van der Waals surface area (Å²) in [4.78, 5) is 26.2. The fourth-order valence-electron chi connectivity index (χ4n) is 5.22. The number of benzene rings is 3. The highest BCUT2D eigenvalue weighted by atomic mass is 16.7. The molecule has 0 radical (unpaired) electrons. The number of ether oxygens (including phenoxy) is 2. The summed E-state index contributed by atoms with van der Waals surface area (Å²) < 4.78 is 11.0. The number of hydrogen-bond acceptors (Lipinski definition) is 5. The second kappa shape index (κ2) is 11.0. The summed E-state index contributed by atoms with van der Waals surface area (Å²) in [5.74, 6) is 1.48. The zero-order chi connectivity index (χ0) is 26.7. The second-order valence-electron chi connectivity index (χ2n) is 10.5. The molecule has 6 heteroatoms. The standard InChI is InChI=1S/C32H35NO5/c1-3-4-5-26(19-34)33-31(36)24-10-8-23(9-11-24)27-16-22(7-6-21(27)2)17-30(35)32(14-15-32)25-12-13-28-29(18-25)38-20-37-28/h6-13,16,18,26,34H,3-5,14-15,17,19-20H2,1-2H3,(H,33,36)/t26-/m1/s1. The van der Waals surface area contributed by atoms with E-state index in [-0.39, 0.29) is 31.1 Å². The monoisotopic (exact) mass is 513 g/mol. The first-order valence-electron chi connectivity index (χ1n) is 13.5. The number of ketones is 1. The minimum Gasteiger partial charge on any atom is -0.454 e. The lowest BCUT2D eigenvalue weighted by molar-refractivity contribution is -0.120. The van der Waals surface area contributed by atoms with Crippen LogP contribution in [0.3, 0.4) is 0 Å². The third-order valence-electron chi connectivity index (χ3n) is 7.80. The molecule has 3 aromatic rings. The highest BCUT2D eigenvalue weighted by Crippen LogP contribution is 2.51. The smallest absolute Gasteiger partial charge is 0.251 e. The molecule has 1 aliphatic carbocycles. The van der Waals surface area contributed by atoms with Crippen LogP contribution in [0.25, 0.3) is 11.1 Å². The number of aliphatic hydroxyl groups excluding tert-OH is 1. The summed E-state index contributed by atoms with van der Waals surface area (Å²) in [5.41, 5.74) is 5.26. The maximum Gasteiger partial charge on any atom is 0.251 e. The molecule has 0 spiro atoms. The Bertz CT molecular complexity index is 1330. The highest BCUT2D eigenvalue weighted by molar-refractivity contribution is 5.96. The van der Waals surface area contributed by atoms with Crippen molar-refractivity contribution in [1.29, 1.82) is 0 Å². The largest absolute Gasteiger partial charge is 0.454 e. The molecule has 5 rings (SSSR count). The van der Waals surface area contributed by atoms with Gasteiger partial charge in [0.15, 0.2) is 11.5 Å². The number of nitrogens with one attached hydrogen (secondary N) is 1. The fraction of sp³-hybridized carbons (Fsp3) is 0.375. The molecular weight excluding hydrogens is 478 g/mol. The normalized spacial score (nSPS) is 15.7. The number of carbonyl (C=O) groups excluding carboxylic acids is 2. The summed E-state index contributed by atoms with van der Waals surface area (Å²) in [6.07, 6.45) is 4.80. The van der Waals surface area contributed by atoms with Crippen molar-refractivity contribution in [1.82, 2.24) is 5.32 Å². The molecule has 0 saturated heterocycles. The minimum atomic E-state index is -0.440. The van der Waals surface area contributed by atoms with Crippen molar-refractivity contribution in [2.75, 3.05) is 13.4 Å². The molecule has 3 aromatic carbocycles. The van der Waals surface area contributed by atoms with Crippen LogP contribution < -0.4 is 14.8 Å². The topological polar surface area (TPSA) is 84.9 Å². The van der Waals surface area contributed by atoms with Gasteiger partial charge >= 0.3 is 0 Å². The molecule has 1 amide bonds. The molecule has 1 heterocycles. The van der Waals surface area contributed by atoms with Crippen LogP contribution in [-0.4, -0.2) is 36.2 Å². The van der Waals surface area contributed by atoms with Gasteiger partial charge < -0.3 is 19.9 Å². The lowest BCUT2D eigenvalue weighted by atomic mass is 9.87. The predicted octanol–water partition coefficient (Wildman–Crippen LogP) is 5.52. The van der Waals surface area contributed by atoms with Gasteiger partial charge in [-0.3, -0.25) is 9.59 Å². The van der Waals surface area contributed by atoms with E-state index < -0.39 is 5.41 Å². The van der Waals surface area contributed by atoms with Crippen LogP contribution in [0.4, 0.5) is 0 Å². The van der Waals surface area contributed by atoms with E-state index in [0.29, 0.717) is 17.7 Å². The maximum absolute atomic E-state index is 13.5. The quantitative estimate of drug-likeness (QED) is 0.353. The summed E-state index contributed by atoms with van der Waals surface area (Å²) in [6, 6.07) is 19.3. The highest BCUT2D eigenvalue weighted by Gasteiger charge is 2.50. The summed E-state index contributed by atoms with van der Waals surface area (Å²) in [5, 5.41) is 12.5. The third kappa shape index (κ3) is 5.32. The number of unbranched alkanes of at least 4 members (excludes halogenated alkanes) is 1. The number of hydrogen-bond donors (Lipinski definition) is 2. The average molecular weight is 514 g/mol. The van der Waals surface area contributed by atoms with Crippen molar-refractivity contribution >= 4 is 11.7 Å². The van der Waals surface area contributed by atoms with Gasteiger partial charge in [0.1, 0.15) is 5.78 Å². The van der Waals surface area contributed by atoms with Crippen molar-refractivity contribution in [3.63, 3.8) is 0 Å². The Labute approximate surface area is 224 Å². The summed E-state index contributed by atoms with van der Waals surface area (Å²) >= 11 is 0. The van der Waals surface area contributed by atoms with Crippen molar-refractivity contribution in [3.8, 4) is 22.6 Å². The van der Waals surface area contributed by atoms with Gasteiger partial charge in [0, 0.05) is 12.0 Å². The van der Waals surface area contributed by atoms with E-state index in [1.165, 1.54) is 0 Å². The molecule has 6 nitrogen and oxygen atoms in total. The molecular formula is C32H35NO5. The molecule has 1 saturated carbocycles. The van der Waals surface area contributed by atoms with Gasteiger partial charge in [-0.2, -0.15) is 0 Å². The zero-order valence-electron chi connectivity index (χ0n) is 22.1. The molecule has 38 heavy (non-hydrogen) atoms. The number of amides is 1. The Morgan fingerprint density at radius 3 is 2.47 bits per heavy atom. The zero-order valence-corrected chi connectivity index (χ0v) is 22.1. The van der Waals surface area contributed by atoms with Gasteiger partial charge in [-0.25, -0.2) is 0 Å². The Morgan fingerprint density at radius 2 is 1.76 bits per heavy atom. The SMILES string of the molecule is CCCC[C@H](CO)NC(=O)c1ccc(-c2cc(CC(=O)C3(c4ccc5c(c4)OCO5)CC3)ccc2C)cc1. The number of Topliss-reactive ketones (excluding diaryl/α,β-unsaturated/α-hetero) is 1. The molecule has 198 valence electrons. The predicted molar refractivity (Wildman–Crippen MR) is 147 cm³/mol. The molecule has 0 unspecified atom stereocenters.